The van der Waals surface area contributed by atoms with Crippen LogP contribution >= 0.6 is 12.2 Å². The monoisotopic (exact) mass is 195 g/mol. The molecule has 68 valence electrons. The molecule has 0 amide bonds. The minimum Gasteiger partial charge on any atom is -0.337 e. The van der Waals surface area contributed by atoms with Crippen molar-refractivity contribution in [3.63, 3.8) is 0 Å². The maximum absolute atomic E-state index is 5.77. The summed E-state index contributed by atoms with van der Waals surface area (Å²) in [6.45, 7) is 0.664. The lowest BCUT2D eigenvalue weighted by Crippen LogP contribution is -2.10. The molecule has 0 saturated heterocycles. The molecule has 13 heavy (non-hydrogen) atoms. The van der Waals surface area contributed by atoms with Gasteiger partial charge in [0.25, 0.3) is 0 Å². The Morgan fingerprint density at radius 1 is 1.38 bits per heavy atom. The van der Waals surface area contributed by atoms with E-state index >= 15 is 0 Å². The van der Waals surface area contributed by atoms with Crippen molar-refractivity contribution >= 4 is 17.4 Å². The number of thiocarbonyl (C=S) groups is 1. The van der Waals surface area contributed by atoms with Gasteiger partial charge in [0.2, 0.25) is 0 Å². The zero-order valence-electron chi connectivity index (χ0n) is 6.95. The van der Waals surface area contributed by atoms with Gasteiger partial charge in [-0.05, 0) is 18.3 Å². The summed E-state index contributed by atoms with van der Waals surface area (Å²) in [6.07, 6.45) is 0.955. The Kier molecular flexibility index (Phi) is 4.12. The van der Waals surface area contributed by atoms with Crippen LogP contribution < -0.4 is 4.89 Å². The van der Waals surface area contributed by atoms with Gasteiger partial charge in [0.15, 0.2) is 5.75 Å². The van der Waals surface area contributed by atoms with E-state index in [0.29, 0.717) is 6.61 Å². The number of para-hydroxylation sites is 1. The van der Waals surface area contributed by atoms with Gasteiger partial charge in [-0.15, -0.1) is 0 Å². The molecule has 1 aromatic rings. The molecule has 2 rings (SSSR count). The zero-order valence-corrected chi connectivity index (χ0v) is 7.76. The summed E-state index contributed by atoms with van der Waals surface area (Å²) in [6, 6.07) is 7.91. The maximum Gasteiger partial charge on any atom is 0.168 e. The number of rotatable bonds is 0. The Balaban J connectivity index is 0.000000251. The highest BCUT2D eigenvalue weighted by atomic mass is 32.1. The third kappa shape index (κ3) is 2.95. The Hall–Kier alpha value is -1.22. The van der Waals surface area contributed by atoms with E-state index in [-0.39, 0.29) is 0 Å². The van der Waals surface area contributed by atoms with Crippen LogP contribution in [0.15, 0.2) is 24.3 Å². The summed E-state index contributed by atoms with van der Waals surface area (Å²) < 4.78 is 0. The molecular formula is C9H9NO2S. The van der Waals surface area contributed by atoms with Crippen molar-refractivity contribution in [2.24, 2.45) is 0 Å². The number of nitrogens with one attached hydrogen (secondary N) is 1. The number of fused-ring (bicyclic) bond motifs is 1. The molecule has 1 N–H and O–H groups in total. The Bertz CT molecular complexity index is 283. The molecule has 0 bridgehead atoms. The highest BCUT2D eigenvalue weighted by Crippen LogP contribution is 2.21. The van der Waals surface area contributed by atoms with Gasteiger partial charge in [0.1, 0.15) is 0 Å². The maximum atomic E-state index is 5.77. The van der Waals surface area contributed by atoms with Gasteiger partial charge in [0, 0.05) is 12.0 Å². The fraction of sp³-hybridized carbons (Fsp3) is 0.222. The smallest absolute Gasteiger partial charge is 0.168 e. The predicted molar refractivity (Wildman–Crippen MR) is 52.0 cm³/mol. The van der Waals surface area contributed by atoms with Crippen LogP contribution in [0.5, 0.6) is 5.75 Å². The molecule has 0 aliphatic carbocycles. The van der Waals surface area contributed by atoms with E-state index in [2.05, 4.69) is 18.3 Å². The molecule has 0 radical (unpaired) electrons. The van der Waals surface area contributed by atoms with Crippen molar-refractivity contribution in [2.45, 2.75) is 6.42 Å². The van der Waals surface area contributed by atoms with Crippen LogP contribution in [0.2, 0.25) is 0 Å². The van der Waals surface area contributed by atoms with Crippen LogP contribution in [0.1, 0.15) is 5.56 Å². The van der Waals surface area contributed by atoms with Crippen LogP contribution in [-0.2, 0) is 11.3 Å². The van der Waals surface area contributed by atoms with Crippen LogP contribution in [-0.4, -0.2) is 11.8 Å². The van der Waals surface area contributed by atoms with Crippen LogP contribution in [0.4, 0.5) is 0 Å². The summed E-state index contributed by atoms with van der Waals surface area (Å²) in [5, 5.41) is 7.36. The fourth-order valence-electron chi connectivity index (χ4n) is 1.05. The van der Waals surface area contributed by atoms with Crippen molar-refractivity contribution in [3.8, 4) is 5.75 Å². The van der Waals surface area contributed by atoms with Crippen molar-refractivity contribution in [2.75, 3.05) is 6.61 Å². The SMILES string of the molecule is N=C=S.c1ccc2c(c1)CCOO2. The van der Waals surface area contributed by atoms with E-state index in [1.165, 1.54) is 5.56 Å². The van der Waals surface area contributed by atoms with Gasteiger partial charge in [0.05, 0.1) is 11.8 Å². The second-order valence-electron chi connectivity index (χ2n) is 2.37. The molecule has 3 nitrogen and oxygen atoms in total. The Morgan fingerprint density at radius 2 is 2.08 bits per heavy atom. The fourth-order valence-corrected chi connectivity index (χ4v) is 1.05. The first-order valence-electron chi connectivity index (χ1n) is 3.79. The summed E-state index contributed by atoms with van der Waals surface area (Å²) in [7, 11) is 0. The number of benzene rings is 1. The second-order valence-corrected chi connectivity index (χ2v) is 2.57. The molecular weight excluding hydrogens is 186 g/mol. The number of hydrogen-bond donors (Lipinski definition) is 1. The molecule has 1 heterocycles. The highest BCUT2D eigenvalue weighted by Gasteiger charge is 2.08. The Morgan fingerprint density at radius 3 is 2.77 bits per heavy atom. The minimum atomic E-state index is 0.664. The first-order valence-corrected chi connectivity index (χ1v) is 4.20. The summed E-state index contributed by atoms with van der Waals surface area (Å²) >= 11 is 3.81. The molecule has 0 aromatic heterocycles. The van der Waals surface area contributed by atoms with Gasteiger partial charge >= 0.3 is 0 Å². The van der Waals surface area contributed by atoms with Gasteiger partial charge < -0.3 is 4.89 Å². The largest absolute Gasteiger partial charge is 0.337 e. The lowest BCUT2D eigenvalue weighted by Gasteiger charge is -2.14. The molecule has 0 spiro atoms. The summed E-state index contributed by atoms with van der Waals surface area (Å²) in [4.78, 5) is 9.72. The van der Waals surface area contributed by atoms with Crippen LogP contribution in [0.25, 0.3) is 0 Å². The predicted octanol–water partition coefficient (Wildman–Crippen LogP) is 2.22. The third-order valence-corrected chi connectivity index (χ3v) is 1.58. The van der Waals surface area contributed by atoms with Crippen LogP contribution in [0, 0.1) is 5.41 Å². The van der Waals surface area contributed by atoms with Gasteiger partial charge in [-0.25, -0.2) is 5.41 Å². The average Bonchev–Trinajstić information content (AvgIpc) is 2.19. The summed E-state index contributed by atoms with van der Waals surface area (Å²) in [5.41, 5.74) is 1.23. The molecule has 0 saturated carbocycles. The average molecular weight is 195 g/mol. The van der Waals surface area contributed by atoms with E-state index < -0.39 is 0 Å². The molecule has 1 aromatic carbocycles. The van der Waals surface area contributed by atoms with E-state index in [4.69, 9.17) is 15.2 Å². The highest BCUT2D eigenvalue weighted by molar-refractivity contribution is 7.78. The van der Waals surface area contributed by atoms with E-state index in [1.54, 1.807) is 5.16 Å². The number of hydrogen-bond acceptors (Lipinski definition) is 4. The van der Waals surface area contributed by atoms with E-state index in [0.717, 1.165) is 12.2 Å². The third-order valence-electron chi connectivity index (χ3n) is 1.58. The summed E-state index contributed by atoms with van der Waals surface area (Å²) in [5.74, 6) is 0.855. The van der Waals surface area contributed by atoms with Gasteiger partial charge in [-0.2, -0.15) is 4.89 Å². The van der Waals surface area contributed by atoms with Crippen molar-refractivity contribution in [1.82, 2.24) is 0 Å². The lowest BCUT2D eigenvalue weighted by atomic mass is 10.1. The molecule has 1 aliphatic heterocycles. The number of isothiocyanates is 1. The lowest BCUT2D eigenvalue weighted by molar-refractivity contribution is -0.215. The van der Waals surface area contributed by atoms with Gasteiger partial charge in [-0.3, -0.25) is 0 Å². The van der Waals surface area contributed by atoms with E-state index in [9.17, 15) is 0 Å². The quantitative estimate of drug-likeness (QED) is 0.392. The first-order chi connectivity index (χ1) is 6.38. The Labute approximate surface area is 81.7 Å². The van der Waals surface area contributed by atoms with E-state index in [1.807, 2.05) is 18.2 Å². The topological polar surface area (TPSA) is 42.3 Å². The zero-order chi connectivity index (χ0) is 9.52. The van der Waals surface area contributed by atoms with Crippen LogP contribution in [0.3, 0.4) is 0 Å². The molecule has 0 atom stereocenters. The molecule has 0 fully saturated rings. The second kappa shape index (κ2) is 5.43. The normalized spacial score (nSPS) is 12.6. The van der Waals surface area contributed by atoms with Crippen molar-refractivity contribution < 1.29 is 9.78 Å². The van der Waals surface area contributed by atoms with Crippen molar-refractivity contribution in [3.05, 3.63) is 29.8 Å². The first kappa shape index (κ1) is 9.86. The van der Waals surface area contributed by atoms with Gasteiger partial charge in [-0.1, -0.05) is 18.2 Å². The standard InChI is InChI=1S/C8H8O2.CHNS/c1-2-4-8-7(3-1)5-6-9-10-8;2-1-3/h1-4H,5-6H2;2H. The van der Waals surface area contributed by atoms with Crippen molar-refractivity contribution in [1.29, 1.82) is 5.41 Å². The molecule has 4 heteroatoms. The minimum absolute atomic E-state index is 0.664. The molecule has 0 unspecified atom stereocenters. The molecule has 1 aliphatic rings.